The van der Waals surface area contributed by atoms with Crippen molar-refractivity contribution in [1.29, 1.82) is 0 Å². The first-order chi connectivity index (χ1) is 20.5. The lowest BCUT2D eigenvalue weighted by Gasteiger charge is -2.45. The maximum atomic E-state index is 16.0. The van der Waals surface area contributed by atoms with E-state index in [1.165, 1.54) is 23.5 Å². The summed E-state index contributed by atoms with van der Waals surface area (Å²) in [5.74, 6) is -0.186. The van der Waals surface area contributed by atoms with E-state index in [-0.39, 0.29) is 53.9 Å². The molecular formula is C21H25FN10O7P2S2. The quantitative estimate of drug-likeness (QED) is 0.176. The highest BCUT2D eigenvalue weighted by atomic mass is 32.7. The van der Waals surface area contributed by atoms with Crippen molar-refractivity contribution < 1.29 is 36.7 Å². The van der Waals surface area contributed by atoms with Crippen molar-refractivity contribution in [2.24, 2.45) is 11.8 Å². The molecule has 0 radical (unpaired) electrons. The molecule has 1 saturated carbocycles. The van der Waals surface area contributed by atoms with E-state index < -0.39 is 44.7 Å². The Bertz CT molecular complexity index is 1800. The van der Waals surface area contributed by atoms with Crippen LogP contribution in [-0.4, -0.2) is 82.1 Å². The molecule has 7 rings (SSSR count). The van der Waals surface area contributed by atoms with Crippen LogP contribution in [0.2, 0.25) is 0 Å². The van der Waals surface area contributed by atoms with Crippen molar-refractivity contribution in [3.8, 4) is 0 Å². The number of nitrogens with zero attached hydrogens (tertiary/aromatic N) is 8. The Morgan fingerprint density at radius 2 is 1.58 bits per heavy atom. The van der Waals surface area contributed by atoms with Gasteiger partial charge in [-0.3, -0.25) is 9.09 Å². The number of rotatable bonds is 2. The average Bonchev–Trinajstić information content (AvgIpc) is 3.64. The molecule has 6 heterocycles. The van der Waals surface area contributed by atoms with Gasteiger partial charge in [-0.1, -0.05) is 12.2 Å². The van der Waals surface area contributed by atoms with Crippen LogP contribution in [0.15, 0.2) is 25.3 Å². The van der Waals surface area contributed by atoms with E-state index in [0.717, 1.165) is 0 Å². The maximum absolute atomic E-state index is 16.0. The van der Waals surface area contributed by atoms with E-state index in [1.807, 2.05) is 4.57 Å². The number of hydrogen-bond donors (Lipinski definition) is 4. The standard InChI is InChI=1S/C21H25FN10O7P2S2/c22-13-16-12(38-21(13)32-8-30-15-18(24)26-6-28-20(15)32)4-37-40(33,42)36-3-10-9(2-35-41(34,43)39-16)1-11(10)31-7-29-14-17(23)25-5-27-19(14)31/h5-13,16,21H,1-4H2,(H,33,42)(H,34,43)(H2,23,25,27)(H2,24,26,28)/t9-,10-,11-,12-,13-,16-,21-,40?,41?/m1/s1. The van der Waals surface area contributed by atoms with Gasteiger partial charge < -0.3 is 39.2 Å². The summed E-state index contributed by atoms with van der Waals surface area (Å²) in [6.45, 7) is -8.53. The van der Waals surface area contributed by atoms with Crippen molar-refractivity contribution in [3.05, 3.63) is 25.3 Å². The van der Waals surface area contributed by atoms with Gasteiger partial charge in [0, 0.05) is 12.0 Å². The predicted molar refractivity (Wildman–Crippen MR) is 155 cm³/mol. The van der Waals surface area contributed by atoms with Crippen LogP contribution in [0.3, 0.4) is 0 Å². The third-order valence-corrected chi connectivity index (χ3v) is 11.1. The van der Waals surface area contributed by atoms with Gasteiger partial charge in [-0.25, -0.2) is 38.9 Å². The molecule has 2 aliphatic heterocycles. The van der Waals surface area contributed by atoms with Crippen LogP contribution in [0.4, 0.5) is 16.0 Å². The number of nitrogen functional groups attached to an aromatic ring is 2. The van der Waals surface area contributed by atoms with Gasteiger partial charge in [0.05, 0.1) is 32.5 Å². The minimum absolute atomic E-state index is 0.0318. The predicted octanol–water partition coefficient (Wildman–Crippen LogP) is 1.95. The molecule has 4 aromatic heterocycles. The zero-order chi connectivity index (χ0) is 30.1. The summed E-state index contributed by atoms with van der Waals surface area (Å²) in [6.07, 6.45) is 0.0153. The number of hydrogen-bond acceptors (Lipinski definition) is 15. The third-order valence-electron chi connectivity index (χ3n) is 7.86. The number of alkyl halides is 1. The topological polar surface area (TPSA) is 223 Å². The summed E-state index contributed by atoms with van der Waals surface area (Å²) >= 11 is 9.38. The van der Waals surface area contributed by atoms with E-state index >= 15 is 4.39 Å². The van der Waals surface area contributed by atoms with Crippen molar-refractivity contribution in [3.63, 3.8) is 0 Å². The second kappa shape index (κ2) is 10.9. The Morgan fingerprint density at radius 1 is 0.953 bits per heavy atom. The fourth-order valence-corrected chi connectivity index (χ4v) is 8.31. The molecule has 5 N–H and O–H groups in total. The molecule has 2 unspecified atom stereocenters. The molecule has 0 amide bonds. The highest BCUT2D eigenvalue weighted by molar-refractivity contribution is 8.44. The molecule has 3 aliphatic rings. The smallest absolute Gasteiger partial charge is 0.382 e. The van der Waals surface area contributed by atoms with E-state index in [9.17, 15) is 9.46 Å². The second-order valence-electron chi connectivity index (χ2n) is 10.3. The molecule has 2 saturated heterocycles. The maximum Gasteiger partial charge on any atom is 0.386 e. The summed E-state index contributed by atoms with van der Waals surface area (Å²) in [6, 6.07) is -0.199. The van der Waals surface area contributed by atoms with Crippen LogP contribution in [0.5, 0.6) is 0 Å². The summed E-state index contributed by atoms with van der Waals surface area (Å²) in [5, 5.41) is 0. The zero-order valence-corrected chi connectivity index (χ0v) is 25.4. The SMILES string of the molecule is Nc1ncnc2c1ncn2[C@@H]1C[C@@H]2COP(=O)(S)O[C@H]3[C@@H](F)[C@H](n4cnc5c(N)ncnc54)O[C@@H]3COP(O)(=S)OC[C@H]21. The molecule has 0 aromatic carbocycles. The summed E-state index contributed by atoms with van der Waals surface area (Å²) in [5.41, 5.74) is 13.2. The minimum atomic E-state index is -4.14. The number of nitrogens with two attached hydrogens (primary N) is 2. The number of imidazole rings is 2. The number of fused-ring (bicyclic) bond motifs is 4. The van der Waals surface area contributed by atoms with Crippen LogP contribution in [0.1, 0.15) is 18.7 Å². The first-order valence-corrected chi connectivity index (χ1v) is 18.2. The Labute approximate surface area is 252 Å². The number of anilines is 2. The number of thiol groups is 1. The normalized spacial score (nSPS) is 37.1. The van der Waals surface area contributed by atoms with Gasteiger partial charge in [-0.05, 0) is 24.1 Å². The summed E-state index contributed by atoms with van der Waals surface area (Å²) in [7, 11) is 0. The van der Waals surface area contributed by atoms with Gasteiger partial charge in [0.1, 0.15) is 35.9 Å². The number of aromatic nitrogens is 8. The molecule has 22 heteroatoms. The highest BCUT2D eigenvalue weighted by Gasteiger charge is 2.52. The first-order valence-electron chi connectivity index (χ1n) is 12.9. The zero-order valence-electron chi connectivity index (χ0n) is 21.9. The van der Waals surface area contributed by atoms with Gasteiger partial charge in [0.25, 0.3) is 0 Å². The molecule has 1 aliphatic carbocycles. The van der Waals surface area contributed by atoms with Gasteiger partial charge in [0.2, 0.25) is 0 Å². The highest BCUT2D eigenvalue weighted by Crippen LogP contribution is 2.59. The van der Waals surface area contributed by atoms with Gasteiger partial charge in [0.15, 0.2) is 35.3 Å². The summed E-state index contributed by atoms with van der Waals surface area (Å²) < 4.78 is 61.0. The summed E-state index contributed by atoms with van der Waals surface area (Å²) in [4.78, 5) is 35.6. The Morgan fingerprint density at radius 3 is 2.28 bits per heavy atom. The molecule has 4 aromatic rings. The fraction of sp³-hybridized carbons (Fsp3) is 0.524. The Hall–Kier alpha value is -2.38. The average molecular weight is 675 g/mol. The van der Waals surface area contributed by atoms with Crippen molar-refractivity contribution in [1.82, 2.24) is 39.0 Å². The molecule has 17 nitrogen and oxygen atoms in total. The Kier molecular flexibility index (Phi) is 7.44. The molecule has 0 bridgehead atoms. The van der Waals surface area contributed by atoms with Gasteiger partial charge >= 0.3 is 13.5 Å². The van der Waals surface area contributed by atoms with Crippen LogP contribution in [0, 0.1) is 11.8 Å². The van der Waals surface area contributed by atoms with Crippen molar-refractivity contribution in [2.45, 2.75) is 37.1 Å². The second-order valence-corrected chi connectivity index (χ2v) is 16.0. The Balaban J connectivity index is 1.14. The number of ether oxygens (including phenoxy) is 1. The van der Waals surface area contributed by atoms with Crippen LogP contribution in [0.25, 0.3) is 22.3 Å². The minimum Gasteiger partial charge on any atom is -0.382 e. The molecule has 0 spiro atoms. The number of halogens is 1. The van der Waals surface area contributed by atoms with Gasteiger partial charge in [-0.2, -0.15) is 0 Å². The van der Waals surface area contributed by atoms with Crippen molar-refractivity contribution in [2.75, 3.05) is 31.3 Å². The van der Waals surface area contributed by atoms with E-state index in [4.69, 9.17) is 46.1 Å². The van der Waals surface area contributed by atoms with E-state index in [0.29, 0.717) is 17.6 Å². The van der Waals surface area contributed by atoms with Gasteiger partial charge in [-0.15, -0.1) is 0 Å². The molecule has 3 fully saturated rings. The monoisotopic (exact) mass is 674 g/mol. The molecular weight excluding hydrogens is 649 g/mol. The third kappa shape index (κ3) is 5.32. The molecule has 43 heavy (non-hydrogen) atoms. The largest absolute Gasteiger partial charge is 0.386 e. The lowest BCUT2D eigenvalue weighted by atomic mass is 9.70. The van der Waals surface area contributed by atoms with E-state index in [1.54, 1.807) is 6.33 Å². The lowest BCUT2D eigenvalue weighted by molar-refractivity contribution is -0.0423. The van der Waals surface area contributed by atoms with Crippen molar-refractivity contribution >= 4 is 71.5 Å². The first kappa shape index (κ1) is 29.3. The fourth-order valence-electron chi connectivity index (χ4n) is 5.64. The van der Waals surface area contributed by atoms with Crippen LogP contribution in [-0.2, 0) is 39.2 Å². The van der Waals surface area contributed by atoms with E-state index in [2.05, 4.69) is 42.2 Å². The van der Waals surface area contributed by atoms with Crippen LogP contribution < -0.4 is 11.5 Å². The molecule has 9 atom stereocenters. The van der Waals surface area contributed by atoms with Crippen LogP contribution >= 0.6 is 25.8 Å². The lowest BCUT2D eigenvalue weighted by Crippen LogP contribution is -2.43. The molecule has 230 valence electrons.